The van der Waals surface area contributed by atoms with Gasteiger partial charge in [-0.3, -0.25) is 14.4 Å². The van der Waals surface area contributed by atoms with Crippen LogP contribution in [-0.2, 0) is 19.8 Å². The third kappa shape index (κ3) is 5.10. The Morgan fingerprint density at radius 3 is 2.50 bits per heavy atom. The number of rotatable bonds is 0. The van der Waals surface area contributed by atoms with Crippen LogP contribution in [0.15, 0.2) is 36.4 Å². The monoisotopic (exact) mass is 437 g/mol. The fourth-order valence-electron chi connectivity index (χ4n) is 4.66. The first-order chi connectivity index (χ1) is 15.6. The van der Waals surface area contributed by atoms with Crippen molar-refractivity contribution < 1.29 is 19.1 Å². The van der Waals surface area contributed by atoms with Crippen LogP contribution in [0, 0.1) is 0 Å². The molecule has 2 aliphatic heterocycles. The fourth-order valence-corrected chi connectivity index (χ4v) is 4.66. The van der Waals surface area contributed by atoms with Gasteiger partial charge in [-0.1, -0.05) is 12.1 Å². The Morgan fingerprint density at radius 2 is 1.62 bits per heavy atom. The molecule has 2 atom stereocenters. The topological polar surface area (TPSA) is 96.5 Å². The predicted octanol–water partition coefficient (Wildman–Crippen LogP) is 2.01. The maximum absolute atomic E-state index is 12.5. The van der Waals surface area contributed by atoms with Gasteiger partial charge >= 0.3 is 0 Å². The van der Waals surface area contributed by atoms with E-state index in [9.17, 15) is 14.4 Å². The summed E-state index contributed by atoms with van der Waals surface area (Å²) >= 11 is 0. The van der Waals surface area contributed by atoms with Crippen LogP contribution in [0.2, 0.25) is 0 Å². The lowest BCUT2D eigenvalue weighted by Gasteiger charge is -2.35. The average molecular weight is 438 g/mol. The number of carbonyl (C=O) groups excluding carboxylic acids is 3. The molecule has 0 saturated heterocycles. The summed E-state index contributed by atoms with van der Waals surface area (Å²) < 4.78 is 6.16. The van der Waals surface area contributed by atoms with Crippen molar-refractivity contribution in [3.05, 3.63) is 47.6 Å². The summed E-state index contributed by atoms with van der Waals surface area (Å²) in [6.45, 7) is 2.97. The van der Waals surface area contributed by atoms with Crippen LogP contribution in [0.1, 0.15) is 49.7 Å². The van der Waals surface area contributed by atoms with Gasteiger partial charge in [-0.05, 0) is 68.6 Å². The van der Waals surface area contributed by atoms with Crippen LogP contribution in [-0.4, -0.2) is 49.9 Å². The Kier molecular flexibility index (Phi) is 7.05. The van der Waals surface area contributed by atoms with Crippen molar-refractivity contribution >= 4 is 23.7 Å². The van der Waals surface area contributed by atoms with E-state index in [1.807, 2.05) is 24.3 Å². The van der Waals surface area contributed by atoms with Gasteiger partial charge < -0.3 is 20.7 Å². The van der Waals surface area contributed by atoms with Crippen LogP contribution in [0.3, 0.4) is 0 Å². The average Bonchev–Trinajstić information content (AvgIpc) is 3.10. The first-order valence-corrected chi connectivity index (χ1v) is 11.5. The van der Waals surface area contributed by atoms with Gasteiger partial charge in [0.2, 0.25) is 11.8 Å². The van der Waals surface area contributed by atoms with Gasteiger partial charge in [0.05, 0.1) is 5.41 Å². The maximum Gasteiger partial charge on any atom is 0.243 e. The lowest BCUT2D eigenvalue weighted by atomic mass is 9.68. The van der Waals surface area contributed by atoms with Gasteiger partial charge in [-0.2, -0.15) is 0 Å². The molecule has 7 heteroatoms. The minimum atomic E-state index is -0.516. The van der Waals surface area contributed by atoms with Gasteiger partial charge in [-0.15, -0.1) is 0 Å². The van der Waals surface area contributed by atoms with Gasteiger partial charge in [-0.25, -0.2) is 0 Å². The highest BCUT2D eigenvalue weighted by Gasteiger charge is 2.50. The van der Waals surface area contributed by atoms with E-state index in [4.69, 9.17) is 4.74 Å². The van der Waals surface area contributed by atoms with Crippen molar-refractivity contribution in [1.82, 2.24) is 16.0 Å². The molecule has 1 unspecified atom stereocenters. The van der Waals surface area contributed by atoms with Crippen LogP contribution in [0.4, 0.5) is 0 Å². The molecule has 2 bridgehead atoms. The molecule has 3 N–H and O–H groups in total. The van der Waals surface area contributed by atoms with Gasteiger partial charge in [0.1, 0.15) is 17.6 Å². The Hall–Kier alpha value is -2.93. The molecule has 1 fully saturated rings. The van der Waals surface area contributed by atoms with E-state index in [1.54, 1.807) is 18.2 Å². The number of nitrogens with one attached hydrogen (secondary N) is 3. The van der Waals surface area contributed by atoms with Crippen LogP contribution in [0.5, 0.6) is 5.75 Å². The minimum absolute atomic E-state index is 0.122. The second-order valence-corrected chi connectivity index (χ2v) is 8.70. The summed E-state index contributed by atoms with van der Waals surface area (Å²) in [7, 11) is 0. The number of carbonyl (C=O) groups is 3. The molecule has 2 amide bonds. The number of amides is 2. The lowest BCUT2D eigenvalue weighted by molar-refractivity contribution is -0.123. The molecule has 1 spiro atoms. The number of hydrogen-bond acceptors (Lipinski definition) is 5. The van der Waals surface area contributed by atoms with Crippen molar-refractivity contribution in [1.29, 1.82) is 0 Å². The Labute approximate surface area is 188 Å². The second kappa shape index (κ2) is 10.1. The number of ketones is 1. The smallest absolute Gasteiger partial charge is 0.243 e. The van der Waals surface area contributed by atoms with E-state index < -0.39 is 5.41 Å². The number of hydrogen-bond donors (Lipinski definition) is 3. The van der Waals surface area contributed by atoms with Gasteiger partial charge in [0, 0.05) is 37.6 Å². The maximum atomic E-state index is 12.5. The minimum Gasteiger partial charge on any atom is -0.488 e. The summed E-state index contributed by atoms with van der Waals surface area (Å²) in [6.07, 6.45) is 10.7. The van der Waals surface area contributed by atoms with E-state index in [-0.39, 0.29) is 23.7 Å². The standard InChI is InChI=1S/C25H31N3O4/c29-19-8-10-25-11-9-24(31)27-14-2-1-12-26-13-3-15-28-23(30)7-5-18-4-6-21(20(25)16-18)32-22(25)17-19/h4-7,9,11,16,22,26H,1-3,8,10,12-15,17H2,(H,27,31)(H,28,30)/b7-5+,11-9+/t22-,25?/m1/s1. The molecule has 1 aromatic carbocycles. The van der Waals surface area contributed by atoms with Crippen molar-refractivity contribution in [2.45, 2.75) is 50.0 Å². The van der Waals surface area contributed by atoms with Crippen molar-refractivity contribution in [3.8, 4) is 5.75 Å². The summed E-state index contributed by atoms with van der Waals surface area (Å²) in [6, 6.07) is 5.81. The summed E-state index contributed by atoms with van der Waals surface area (Å²) in [5, 5.41) is 9.23. The predicted molar refractivity (Wildman–Crippen MR) is 122 cm³/mol. The van der Waals surface area contributed by atoms with E-state index in [1.165, 1.54) is 0 Å². The van der Waals surface area contributed by atoms with Crippen LogP contribution < -0.4 is 20.7 Å². The number of benzene rings is 1. The van der Waals surface area contributed by atoms with Gasteiger partial charge in [0.25, 0.3) is 0 Å². The lowest BCUT2D eigenvalue weighted by Crippen LogP contribution is -2.42. The largest absolute Gasteiger partial charge is 0.488 e. The fraction of sp³-hybridized carbons (Fsp3) is 0.480. The first-order valence-electron chi connectivity index (χ1n) is 11.5. The van der Waals surface area contributed by atoms with Crippen molar-refractivity contribution in [2.24, 2.45) is 0 Å². The van der Waals surface area contributed by atoms with E-state index in [2.05, 4.69) is 16.0 Å². The molecule has 1 aromatic rings. The molecule has 4 rings (SSSR count). The molecule has 170 valence electrons. The molecule has 1 saturated carbocycles. The number of Topliss-reactive ketones (excluding diaryl/α,β-unsaturated/α-hetero) is 1. The van der Waals surface area contributed by atoms with Crippen molar-refractivity contribution in [2.75, 3.05) is 26.2 Å². The molecule has 1 aliphatic carbocycles. The number of fused-ring (bicyclic) bond motifs is 1. The molecular weight excluding hydrogens is 406 g/mol. The molecular formula is C25H31N3O4. The molecule has 0 radical (unpaired) electrons. The highest BCUT2D eigenvalue weighted by molar-refractivity contribution is 5.92. The van der Waals surface area contributed by atoms with Gasteiger partial charge in [0.15, 0.2) is 0 Å². The van der Waals surface area contributed by atoms with E-state index >= 15 is 0 Å². The normalized spacial score (nSPS) is 29.1. The zero-order valence-electron chi connectivity index (χ0n) is 18.3. The zero-order valence-corrected chi connectivity index (χ0v) is 18.3. The van der Waals surface area contributed by atoms with E-state index in [0.717, 1.165) is 49.2 Å². The van der Waals surface area contributed by atoms with Crippen molar-refractivity contribution in [3.63, 3.8) is 0 Å². The Morgan fingerprint density at radius 1 is 0.875 bits per heavy atom. The molecule has 3 aliphatic rings. The highest BCUT2D eigenvalue weighted by Crippen LogP contribution is 2.51. The molecule has 32 heavy (non-hydrogen) atoms. The molecule has 7 nitrogen and oxygen atoms in total. The zero-order chi connectivity index (χ0) is 22.4. The number of ether oxygens (including phenoxy) is 1. The van der Waals surface area contributed by atoms with Crippen LogP contribution >= 0.6 is 0 Å². The van der Waals surface area contributed by atoms with Crippen LogP contribution in [0.25, 0.3) is 6.08 Å². The summed E-state index contributed by atoms with van der Waals surface area (Å²) in [5.74, 6) is 0.677. The van der Waals surface area contributed by atoms with E-state index in [0.29, 0.717) is 32.4 Å². The second-order valence-electron chi connectivity index (χ2n) is 8.70. The first kappa shape index (κ1) is 22.3. The highest BCUT2D eigenvalue weighted by atomic mass is 16.5. The quantitative estimate of drug-likeness (QED) is 0.577. The third-order valence-electron chi connectivity index (χ3n) is 6.45. The third-order valence-corrected chi connectivity index (χ3v) is 6.45. The Bertz CT molecular complexity index is 939. The summed E-state index contributed by atoms with van der Waals surface area (Å²) in [4.78, 5) is 36.8. The molecule has 0 aromatic heterocycles. The Balaban J connectivity index is 1.62. The SMILES string of the molecule is O=C1CCC23/C=C/C(=O)NCCCCNCCCNC(=O)/C=C/c4ccc(c2c4)O[C@@H]3C1. The molecule has 2 heterocycles. The summed E-state index contributed by atoms with van der Waals surface area (Å²) in [5.41, 5.74) is 1.34.